The van der Waals surface area contributed by atoms with Crippen molar-refractivity contribution in [1.82, 2.24) is 29.8 Å². The smallest absolute Gasteiger partial charge is 0.414 e. The molecular weight excluding hydrogens is 830 g/mol. The van der Waals surface area contributed by atoms with E-state index in [0.717, 1.165) is 9.78 Å². The van der Waals surface area contributed by atoms with E-state index in [1.54, 1.807) is 31.3 Å². The van der Waals surface area contributed by atoms with Crippen LogP contribution in [0.25, 0.3) is 10.7 Å². The van der Waals surface area contributed by atoms with Gasteiger partial charge in [0.15, 0.2) is 5.54 Å². The van der Waals surface area contributed by atoms with E-state index in [-0.39, 0.29) is 49.7 Å². The van der Waals surface area contributed by atoms with Gasteiger partial charge in [0.05, 0.1) is 17.9 Å². The van der Waals surface area contributed by atoms with Gasteiger partial charge in [0.1, 0.15) is 40.2 Å². The minimum absolute atomic E-state index is 0.0207. The number of fused-ring (bicyclic) bond motifs is 2. The number of pyridine rings is 1. The maximum atomic E-state index is 15.3. The van der Waals surface area contributed by atoms with Crippen LogP contribution in [-0.2, 0) is 29.1 Å². The van der Waals surface area contributed by atoms with Crippen LogP contribution in [0.15, 0.2) is 36.7 Å². The third-order valence-electron chi connectivity index (χ3n) is 12.8. The molecule has 2 aromatic rings. The second kappa shape index (κ2) is 16.2. The summed E-state index contributed by atoms with van der Waals surface area (Å²) in [5.41, 5.74) is -4.28. The third-order valence-corrected chi connectivity index (χ3v) is 15.9. The molecule has 4 amide bonds. The van der Waals surface area contributed by atoms with E-state index in [2.05, 4.69) is 20.0 Å². The third kappa shape index (κ3) is 8.34. The van der Waals surface area contributed by atoms with Crippen molar-refractivity contribution in [3.05, 3.63) is 41.6 Å². The summed E-state index contributed by atoms with van der Waals surface area (Å²) in [6.07, 6.45) is -0.337. The van der Waals surface area contributed by atoms with Crippen LogP contribution in [0.3, 0.4) is 0 Å². The molecule has 0 radical (unpaired) electrons. The molecule has 1 unspecified atom stereocenters. The number of thiazole rings is 1. The van der Waals surface area contributed by atoms with Crippen LogP contribution in [0, 0.1) is 24.7 Å². The highest BCUT2D eigenvalue weighted by Crippen LogP contribution is 2.48. The highest BCUT2D eigenvalue weighted by atomic mass is 32.2. The maximum Gasteiger partial charge on any atom is 0.414 e. The van der Waals surface area contributed by atoms with Crippen LogP contribution in [-0.4, -0.2) is 117 Å². The van der Waals surface area contributed by atoms with Gasteiger partial charge >= 0.3 is 12.3 Å². The standard InChI is InChI=1S/C40H51F3N6O9S2/c1-23-8-5-6-9-26-19-39(26,35(52)47-60(55,56)37(4)12-13-37)46-32(50)30-18-28(58-27-10-14-44-29(17-27)33-45-20-25(3)59-33)21-48(30)34(51)31(24(2)16-23)49(36(53)54)38(40(41,42)43)11-7-15-57-22-38/h6,9-10,14,17,20,23-24,26,28,30-31H,5,7-8,11-13,15-16,18-19,21-22H2,1-4H3,(H,46,50)(H,47,52)(H,53,54)/b9-6-/t23-,24-,26-,28-,30+,31+,38?,39-/m1/s1. The maximum absolute atomic E-state index is 15.3. The number of carbonyl (C=O) groups excluding carboxylic acids is 3. The topological polar surface area (TPSA) is 197 Å². The van der Waals surface area contributed by atoms with Crippen LogP contribution in [0.2, 0.25) is 0 Å². The summed E-state index contributed by atoms with van der Waals surface area (Å²) in [5.74, 6) is -4.30. The zero-order valence-electron chi connectivity index (χ0n) is 33.9. The van der Waals surface area contributed by atoms with Gasteiger partial charge in [0.25, 0.3) is 5.91 Å². The Labute approximate surface area is 350 Å². The van der Waals surface area contributed by atoms with Crippen LogP contribution in [0.1, 0.15) is 83.4 Å². The average molecular weight is 881 g/mol. The fourth-order valence-corrected chi connectivity index (χ4v) is 11.0. The number of carboxylic acid groups (broad SMARTS) is 1. The summed E-state index contributed by atoms with van der Waals surface area (Å²) >= 11 is 1.41. The first-order chi connectivity index (χ1) is 28.2. The van der Waals surface area contributed by atoms with E-state index in [0.29, 0.717) is 42.1 Å². The van der Waals surface area contributed by atoms with Crippen molar-refractivity contribution in [2.75, 3.05) is 19.8 Å². The number of nitrogens with zero attached hydrogens (tertiary/aromatic N) is 4. The number of alkyl halides is 3. The number of amides is 4. The van der Waals surface area contributed by atoms with Crippen molar-refractivity contribution < 1.29 is 55.3 Å². The molecule has 8 atom stereocenters. The highest BCUT2D eigenvalue weighted by Gasteiger charge is 2.66. The largest absolute Gasteiger partial charge is 0.488 e. The lowest BCUT2D eigenvalue weighted by Gasteiger charge is -2.50. The predicted molar refractivity (Wildman–Crippen MR) is 212 cm³/mol. The lowest BCUT2D eigenvalue weighted by molar-refractivity contribution is -0.260. The van der Waals surface area contributed by atoms with Crippen LogP contribution in [0.5, 0.6) is 5.75 Å². The van der Waals surface area contributed by atoms with Gasteiger partial charge in [0.2, 0.25) is 21.8 Å². The SMILES string of the molecule is Cc1cnc(-c2cc(O[C@@H]3C[C@H]4C(=O)N[C@]5(C(=O)NS(=O)(=O)C6(C)CC6)C[C@H]5/C=C\CC[C@@H](C)C[C@@H](C)[C@H](N(C(=O)O)C5(C(F)(F)F)CCCOC5)C(=O)N4C3)ccn2)s1. The molecule has 0 aromatic carbocycles. The summed E-state index contributed by atoms with van der Waals surface area (Å²) in [6.45, 7) is 5.45. The fourth-order valence-electron chi connectivity index (χ4n) is 8.91. The Morgan fingerprint density at radius 3 is 2.55 bits per heavy atom. The first kappa shape index (κ1) is 43.8. The number of aryl methyl sites for hydroxylation is 1. The number of aromatic nitrogens is 2. The molecule has 3 aliphatic heterocycles. The first-order valence-electron chi connectivity index (χ1n) is 20.3. The fraction of sp³-hybridized carbons (Fsp3) is 0.650. The minimum atomic E-state index is -5.14. The van der Waals surface area contributed by atoms with Crippen molar-refractivity contribution in [2.45, 2.75) is 126 Å². The Balaban J connectivity index is 1.28. The molecule has 7 rings (SSSR count). The van der Waals surface area contributed by atoms with E-state index in [9.17, 15) is 27.9 Å². The molecule has 20 heteroatoms. The number of hydrogen-bond acceptors (Lipinski definition) is 11. The van der Waals surface area contributed by atoms with Gasteiger partial charge in [-0.3, -0.25) is 29.0 Å². The predicted octanol–water partition coefficient (Wildman–Crippen LogP) is 5.21. The van der Waals surface area contributed by atoms with Crippen molar-refractivity contribution in [3.8, 4) is 16.5 Å². The van der Waals surface area contributed by atoms with Gasteiger partial charge in [-0.2, -0.15) is 13.2 Å². The summed E-state index contributed by atoms with van der Waals surface area (Å²) in [5, 5.41) is 14.1. The second-order valence-corrected chi connectivity index (χ2v) is 20.8. The van der Waals surface area contributed by atoms with Gasteiger partial charge in [0, 0.05) is 42.3 Å². The van der Waals surface area contributed by atoms with Crippen LogP contribution < -0.4 is 14.8 Å². The van der Waals surface area contributed by atoms with Gasteiger partial charge in [-0.1, -0.05) is 26.0 Å². The Hall–Kier alpha value is -4.30. The zero-order chi connectivity index (χ0) is 43.4. The van der Waals surface area contributed by atoms with Crippen molar-refractivity contribution >= 4 is 45.2 Å². The van der Waals surface area contributed by atoms with Gasteiger partial charge in [-0.15, -0.1) is 11.3 Å². The lowest BCUT2D eigenvalue weighted by Crippen LogP contribution is -2.71. The normalized spacial score (nSPS) is 32.6. The van der Waals surface area contributed by atoms with Crippen molar-refractivity contribution in [1.29, 1.82) is 0 Å². The number of carbonyl (C=O) groups is 4. The number of rotatable bonds is 8. The van der Waals surface area contributed by atoms with Crippen molar-refractivity contribution in [2.24, 2.45) is 17.8 Å². The van der Waals surface area contributed by atoms with E-state index >= 15 is 18.0 Å². The molecule has 328 valence electrons. The van der Waals surface area contributed by atoms with Crippen LogP contribution in [0.4, 0.5) is 18.0 Å². The molecule has 0 spiro atoms. The molecule has 3 N–H and O–H groups in total. The molecule has 2 aliphatic carbocycles. The Kier molecular flexibility index (Phi) is 11.8. The molecule has 2 saturated carbocycles. The monoisotopic (exact) mass is 880 g/mol. The summed E-state index contributed by atoms with van der Waals surface area (Å²) < 4.78 is 85.2. The second-order valence-electron chi connectivity index (χ2n) is 17.4. The lowest BCUT2D eigenvalue weighted by atomic mass is 9.82. The molecular formula is C40H51F3N6O9S2. The number of nitrogens with one attached hydrogen (secondary N) is 2. The van der Waals surface area contributed by atoms with Crippen LogP contribution >= 0.6 is 11.3 Å². The molecule has 2 aromatic heterocycles. The van der Waals surface area contributed by atoms with Gasteiger partial charge in [-0.25, -0.2) is 18.2 Å². The van der Waals surface area contributed by atoms with Gasteiger partial charge < -0.3 is 24.8 Å². The number of sulfonamides is 1. The summed E-state index contributed by atoms with van der Waals surface area (Å²) in [4.78, 5) is 68.1. The number of halogens is 3. The van der Waals surface area contributed by atoms with Gasteiger partial charge in [-0.05, 0) is 83.1 Å². The van der Waals surface area contributed by atoms with E-state index < -0.39 is 98.9 Å². The molecule has 5 aliphatic rings. The quantitative estimate of drug-likeness (QED) is 0.295. The Morgan fingerprint density at radius 1 is 1.17 bits per heavy atom. The molecule has 5 heterocycles. The Morgan fingerprint density at radius 2 is 1.92 bits per heavy atom. The van der Waals surface area contributed by atoms with E-state index in [1.807, 2.05) is 19.9 Å². The Bertz CT molecular complexity index is 2140. The summed E-state index contributed by atoms with van der Waals surface area (Å²) in [6, 6.07) is -0.182. The number of hydrogen-bond donors (Lipinski definition) is 3. The van der Waals surface area contributed by atoms with E-state index in [1.165, 1.54) is 24.5 Å². The highest BCUT2D eigenvalue weighted by molar-refractivity contribution is 7.91. The molecule has 0 bridgehead atoms. The molecule has 2 saturated heterocycles. The zero-order valence-corrected chi connectivity index (χ0v) is 35.5. The van der Waals surface area contributed by atoms with Crippen molar-refractivity contribution in [3.63, 3.8) is 0 Å². The number of allylic oxidation sites excluding steroid dienone is 1. The molecule has 60 heavy (non-hydrogen) atoms. The summed E-state index contributed by atoms with van der Waals surface area (Å²) in [7, 11) is -4.12. The molecule has 15 nitrogen and oxygen atoms in total. The average Bonchev–Trinajstić information content (AvgIpc) is 3.98. The number of ether oxygens (including phenoxy) is 2. The van der Waals surface area contributed by atoms with E-state index in [4.69, 9.17) is 9.47 Å². The first-order valence-corrected chi connectivity index (χ1v) is 22.6. The molecule has 4 fully saturated rings. The minimum Gasteiger partial charge on any atom is -0.488 e.